The fourth-order valence-corrected chi connectivity index (χ4v) is 4.32. The maximum atomic E-state index is 13.3. The number of methoxy groups -OCH3 is 2. The van der Waals surface area contributed by atoms with E-state index in [-0.39, 0.29) is 22.5 Å². The van der Waals surface area contributed by atoms with Crippen LogP contribution in [-0.2, 0) is 4.74 Å². The molecule has 0 bridgehead atoms. The third-order valence-electron chi connectivity index (χ3n) is 4.47. The van der Waals surface area contributed by atoms with E-state index in [2.05, 4.69) is 0 Å². The van der Waals surface area contributed by atoms with E-state index in [1.54, 1.807) is 30.3 Å². The van der Waals surface area contributed by atoms with Crippen LogP contribution in [0.25, 0.3) is 15.0 Å². The van der Waals surface area contributed by atoms with Crippen LogP contribution in [0, 0.1) is 0 Å². The van der Waals surface area contributed by atoms with Crippen LogP contribution < -0.4 is 10.3 Å². The van der Waals surface area contributed by atoms with Crippen molar-refractivity contribution in [3.05, 3.63) is 81.6 Å². The molecule has 140 valence electrons. The number of ketones is 1. The minimum atomic E-state index is -0.728. The Hall–Kier alpha value is -3.45. The first-order valence-electron chi connectivity index (χ1n) is 8.39. The van der Waals surface area contributed by atoms with E-state index in [0.29, 0.717) is 21.7 Å². The van der Waals surface area contributed by atoms with Crippen molar-refractivity contribution < 1.29 is 19.1 Å². The molecule has 0 radical (unpaired) electrons. The number of ether oxygens (including phenoxy) is 2. The number of nitrogens with zero attached hydrogens (tertiary/aromatic N) is 1. The average Bonchev–Trinajstić information content (AvgIpc) is 3.12. The quantitative estimate of drug-likeness (QED) is 0.392. The molecule has 0 spiro atoms. The number of benzene rings is 2. The van der Waals surface area contributed by atoms with Gasteiger partial charge in [-0.05, 0) is 36.4 Å². The zero-order valence-corrected chi connectivity index (χ0v) is 15.9. The summed E-state index contributed by atoms with van der Waals surface area (Å²) in [5.74, 6) is -0.484. The lowest BCUT2D eigenvalue weighted by atomic mass is 10.00. The van der Waals surface area contributed by atoms with Crippen molar-refractivity contribution in [3.63, 3.8) is 0 Å². The first-order chi connectivity index (χ1) is 13.5. The summed E-state index contributed by atoms with van der Waals surface area (Å²) in [4.78, 5) is 38.8. The third-order valence-corrected chi connectivity index (χ3v) is 5.62. The maximum Gasteiger partial charge on any atom is 0.338 e. The summed E-state index contributed by atoms with van der Waals surface area (Å²) < 4.78 is 12.3. The van der Waals surface area contributed by atoms with Gasteiger partial charge >= 0.3 is 5.97 Å². The normalized spacial score (nSPS) is 10.9. The lowest BCUT2D eigenvalue weighted by Crippen LogP contribution is -2.20. The standard InChI is InChI=1S/C21H15NO5S/c1-26-13-9-7-12(8-10-13)19(24)18-14(21(25)27-2)11-17(23)22-15-5-3-4-6-16(15)28-20(18)22/h3-11H,1-2H3. The van der Waals surface area contributed by atoms with E-state index in [9.17, 15) is 14.4 Å². The zero-order chi connectivity index (χ0) is 19.8. The second kappa shape index (κ2) is 6.94. The van der Waals surface area contributed by atoms with Crippen molar-refractivity contribution >= 4 is 38.1 Å². The first kappa shape index (κ1) is 17.9. The number of aromatic nitrogens is 1. The van der Waals surface area contributed by atoms with E-state index < -0.39 is 5.97 Å². The fourth-order valence-electron chi connectivity index (χ4n) is 3.12. The van der Waals surface area contributed by atoms with Crippen molar-refractivity contribution in [3.8, 4) is 5.75 Å². The number of esters is 1. The van der Waals surface area contributed by atoms with E-state index in [1.165, 1.54) is 30.0 Å². The summed E-state index contributed by atoms with van der Waals surface area (Å²) in [5, 5.41) is 0. The van der Waals surface area contributed by atoms with Crippen molar-refractivity contribution in [1.82, 2.24) is 4.40 Å². The van der Waals surface area contributed by atoms with Crippen LogP contribution in [0.5, 0.6) is 5.75 Å². The van der Waals surface area contributed by atoms with Gasteiger partial charge in [0.1, 0.15) is 10.6 Å². The van der Waals surface area contributed by atoms with Gasteiger partial charge in [0.05, 0.1) is 35.6 Å². The summed E-state index contributed by atoms with van der Waals surface area (Å²) in [6.45, 7) is 0. The van der Waals surface area contributed by atoms with Crippen LogP contribution in [0.1, 0.15) is 26.3 Å². The molecule has 0 aliphatic rings. The van der Waals surface area contributed by atoms with Gasteiger partial charge in [-0.3, -0.25) is 14.0 Å². The highest BCUT2D eigenvalue weighted by molar-refractivity contribution is 7.24. The smallest absolute Gasteiger partial charge is 0.338 e. The molecule has 28 heavy (non-hydrogen) atoms. The van der Waals surface area contributed by atoms with Gasteiger partial charge in [0.25, 0.3) is 5.56 Å². The second-order valence-electron chi connectivity index (χ2n) is 6.03. The van der Waals surface area contributed by atoms with Crippen molar-refractivity contribution in [2.45, 2.75) is 0 Å². The maximum absolute atomic E-state index is 13.3. The van der Waals surface area contributed by atoms with Crippen LogP contribution in [0.2, 0.25) is 0 Å². The van der Waals surface area contributed by atoms with Crippen LogP contribution >= 0.6 is 11.3 Å². The third kappa shape index (κ3) is 2.76. The summed E-state index contributed by atoms with van der Waals surface area (Å²) in [7, 11) is 2.76. The predicted octanol–water partition coefficient (Wildman–Crippen LogP) is 3.54. The SMILES string of the molecule is COC(=O)c1cc(=O)n2c(sc3ccccc32)c1C(=O)c1ccc(OC)cc1. The zero-order valence-electron chi connectivity index (χ0n) is 15.1. The lowest BCUT2D eigenvalue weighted by Gasteiger charge is -2.09. The molecule has 0 aliphatic carbocycles. The topological polar surface area (TPSA) is 74.1 Å². The molecule has 0 saturated carbocycles. The molecule has 0 atom stereocenters. The van der Waals surface area contributed by atoms with Crippen LogP contribution in [0.4, 0.5) is 0 Å². The molecule has 2 aromatic heterocycles. The Morgan fingerprint density at radius 1 is 1.00 bits per heavy atom. The lowest BCUT2D eigenvalue weighted by molar-refractivity contribution is 0.0597. The molecule has 0 saturated heterocycles. The molecule has 2 heterocycles. The number of carbonyl (C=O) groups is 2. The number of fused-ring (bicyclic) bond motifs is 3. The Bertz CT molecular complexity index is 1280. The van der Waals surface area contributed by atoms with Gasteiger partial charge in [0.15, 0.2) is 5.78 Å². The Morgan fingerprint density at radius 2 is 1.71 bits per heavy atom. The van der Waals surface area contributed by atoms with Gasteiger partial charge in [0, 0.05) is 11.6 Å². The number of carbonyl (C=O) groups excluding carboxylic acids is 2. The molecule has 6 nitrogen and oxygen atoms in total. The number of hydrogen-bond donors (Lipinski definition) is 0. The number of para-hydroxylation sites is 1. The summed E-state index contributed by atoms with van der Waals surface area (Å²) >= 11 is 1.28. The van der Waals surface area contributed by atoms with Gasteiger partial charge in [-0.25, -0.2) is 4.79 Å². The van der Waals surface area contributed by atoms with Gasteiger partial charge in [-0.1, -0.05) is 12.1 Å². The molecule has 4 aromatic rings. The summed E-state index contributed by atoms with van der Waals surface area (Å²) in [6, 6.07) is 15.1. The number of rotatable bonds is 4. The molecule has 0 N–H and O–H groups in total. The Labute approximate surface area is 163 Å². The fraction of sp³-hybridized carbons (Fsp3) is 0.0952. The van der Waals surface area contributed by atoms with Crippen LogP contribution in [0.15, 0.2) is 59.4 Å². The van der Waals surface area contributed by atoms with E-state index >= 15 is 0 Å². The molecular weight excluding hydrogens is 378 g/mol. The molecule has 7 heteroatoms. The van der Waals surface area contributed by atoms with Gasteiger partial charge in [0.2, 0.25) is 0 Å². The minimum absolute atomic E-state index is 0.0418. The number of hydrogen-bond acceptors (Lipinski definition) is 6. The van der Waals surface area contributed by atoms with Gasteiger partial charge in [-0.2, -0.15) is 0 Å². The Kier molecular flexibility index (Phi) is 4.44. The van der Waals surface area contributed by atoms with Crippen molar-refractivity contribution in [2.24, 2.45) is 0 Å². The minimum Gasteiger partial charge on any atom is -0.497 e. The molecule has 4 rings (SSSR count). The van der Waals surface area contributed by atoms with Gasteiger partial charge in [-0.15, -0.1) is 11.3 Å². The number of thiazole rings is 1. The van der Waals surface area contributed by atoms with Gasteiger partial charge < -0.3 is 9.47 Å². The summed E-state index contributed by atoms with van der Waals surface area (Å²) in [5.41, 5.74) is 0.786. The highest BCUT2D eigenvalue weighted by Crippen LogP contribution is 2.30. The monoisotopic (exact) mass is 393 g/mol. The van der Waals surface area contributed by atoms with E-state index in [0.717, 1.165) is 10.8 Å². The van der Waals surface area contributed by atoms with Crippen molar-refractivity contribution in [2.75, 3.05) is 14.2 Å². The Morgan fingerprint density at radius 3 is 2.39 bits per heavy atom. The second-order valence-corrected chi connectivity index (χ2v) is 7.06. The molecular formula is C21H15NO5S. The van der Waals surface area contributed by atoms with Crippen LogP contribution in [-0.4, -0.2) is 30.4 Å². The highest BCUT2D eigenvalue weighted by Gasteiger charge is 2.26. The largest absolute Gasteiger partial charge is 0.497 e. The predicted molar refractivity (Wildman–Crippen MR) is 107 cm³/mol. The molecule has 2 aromatic carbocycles. The Balaban J connectivity index is 2.06. The molecule has 0 aliphatic heterocycles. The highest BCUT2D eigenvalue weighted by atomic mass is 32.1. The first-order valence-corrected chi connectivity index (χ1v) is 9.21. The van der Waals surface area contributed by atoms with Crippen molar-refractivity contribution in [1.29, 1.82) is 0 Å². The average molecular weight is 393 g/mol. The van der Waals surface area contributed by atoms with E-state index in [1.807, 2.05) is 18.2 Å². The van der Waals surface area contributed by atoms with Crippen LogP contribution in [0.3, 0.4) is 0 Å². The summed E-state index contributed by atoms with van der Waals surface area (Å²) in [6.07, 6.45) is 0. The number of pyridine rings is 1. The van der Waals surface area contributed by atoms with E-state index in [4.69, 9.17) is 9.47 Å². The molecule has 0 amide bonds. The molecule has 0 unspecified atom stereocenters. The molecule has 0 fully saturated rings.